The minimum atomic E-state index is 0.107. The summed E-state index contributed by atoms with van der Waals surface area (Å²) in [6, 6.07) is 0. The van der Waals surface area contributed by atoms with Gasteiger partial charge in [0.1, 0.15) is 0 Å². The molecule has 0 saturated heterocycles. The fraction of sp³-hybridized carbons (Fsp3) is 0.773. The van der Waals surface area contributed by atoms with Crippen LogP contribution in [0.1, 0.15) is 342 Å². The number of rotatable bonds is 70. The van der Waals surface area contributed by atoms with Crippen LogP contribution in [0.4, 0.5) is 0 Å². The van der Waals surface area contributed by atoms with Crippen LogP contribution < -0.4 is 5.32 Å². The van der Waals surface area contributed by atoms with Gasteiger partial charge in [-0.3, -0.25) is 9.59 Å². The highest BCUT2D eigenvalue weighted by Gasteiger charge is 2.14. The molecule has 0 aromatic rings. The molecule has 8 nitrogen and oxygen atoms in total. The molecule has 0 aliphatic rings. The van der Waals surface area contributed by atoms with Gasteiger partial charge in [-0.25, -0.2) is 0 Å². The third-order valence-corrected chi connectivity index (χ3v) is 17.8. The molecule has 96 heavy (non-hydrogen) atoms. The molecule has 0 aromatic heterocycles. The highest BCUT2D eigenvalue weighted by atomic mass is 16.2. The molecule has 8 heteroatoms. The molecule has 0 saturated carbocycles. The summed E-state index contributed by atoms with van der Waals surface area (Å²) >= 11 is 0. The highest BCUT2D eigenvalue weighted by molar-refractivity contribution is 5.86. The fourth-order valence-corrected chi connectivity index (χ4v) is 11.2. The Bertz CT molecular complexity index is 1710. The lowest BCUT2D eigenvalue weighted by molar-refractivity contribution is -0.131. The third-order valence-electron chi connectivity index (χ3n) is 17.8. The van der Waals surface area contributed by atoms with Gasteiger partial charge in [0, 0.05) is 65.3 Å². The van der Waals surface area contributed by atoms with E-state index in [0.717, 1.165) is 110 Å². The minimum Gasteiger partial charge on any atom is -0.343 e. The normalized spacial score (nSPS) is 12.1. The van der Waals surface area contributed by atoms with Crippen molar-refractivity contribution in [3.05, 3.63) is 110 Å². The van der Waals surface area contributed by atoms with Crippen molar-refractivity contribution in [2.75, 3.05) is 101 Å². The summed E-state index contributed by atoms with van der Waals surface area (Å²) in [6.45, 7) is 21.5. The molecule has 0 heterocycles. The van der Waals surface area contributed by atoms with Crippen molar-refractivity contribution in [3.8, 4) is 0 Å². The number of hydrogen-bond donors (Lipinski definition) is 1. The lowest BCUT2D eigenvalue weighted by Gasteiger charge is -2.25. The van der Waals surface area contributed by atoms with E-state index in [1.54, 1.807) is 0 Å². The second-order valence-electron chi connectivity index (χ2n) is 28.0. The number of unbranched alkanes of at least 4 members (excludes halogenated alkanes) is 36. The summed E-state index contributed by atoms with van der Waals surface area (Å²) in [5, 5.41) is 3.06. The van der Waals surface area contributed by atoms with E-state index in [0.29, 0.717) is 12.3 Å². The molecule has 0 radical (unpaired) electrons. The predicted molar refractivity (Wildman–Crippen MR) is 434 cm³/mol. The van der Waals surface area contributed by atoms with Crippen LogP contribution in [-0.4, -0.2) is 138 Å². The van der Waals surface area contributed by atoms with E-state index in [1.165, 1.54) is 263 Å². The van der Waals surface area contributed by atoms with Crippen LogP contribution in [0.25, 0.3) is 0 Å². The molecule has 1 N–H and O–H groups in total. The molecule has 0 bridgehead atoms. The minimum absolute atomic E-state index is 0.107. The lowest BCUT2D eigenvalue weighted by Crippen LogP contribution is -2.36. The van der Waals surface area contributed by atoms with Gasteiger partial charge in [-0.2, -0.15) is 0 Å². The number of nitrogens with zero attached hydrogens (tertiary/aromatic N) is 5. The standard InChI is InChI=1S/C44H83N3O.C39H69NO.C5H14N2/c1-6-8-10-12-14-16-18-20-22-24-26-28-30-32-34-36-39-47(44(48)38-41-46(5)43-42-45(3)4)40-37-35-33-31-29-27-25-23-21-19-17-15-13-11-9-7-2;1-4-7-9-11-13-15-17-19-21-23-25-27-29-31-33-35-37-40(39(41)6-3)38-36-34-32-30-28-26-24-22-20-18-16-14-12-10-8-5-2;1-6-4-5-7(2)3/h14-17,20-23H,6-13,18-19,24-43H2,1-5H3;6,13-16,19-22H,3-5,7-12,17-18,23-38H2,1-2H3;6H,4-5H2,1-3H3/b16-14-,17-15-,22-20-,23-21-;15-13-,16-14-,21-19-,22-20-;. The lowest BCUT2D eigenvalue weighted by atomic mass is 10.1. The SMILES string of the molecule is C=CC(=O)N(CCCCCCCC/C=C\C/C=C\CCCCC)CCCCCCCC/C=C\C/C=C\CCCCC.CCCCC/C=C\C/C=C\CCCCCCCCN(CCCCCCCC/C=C\C/C=C\CCCCC)C(=O)CCN(C)CCN(C)C.CNCCN(C)C. The largest absolute Gasteiger partial charge is 0.343 e. The Morgan fingerprint density at radius 1 is 0.292 bits per heavy atom. The maximum Gasteiger partial charge on any atom is 0.245 e. The molecule has 0 spiro atoms. The van der Waals surface area contributed by atoms with Gasteiger partial charge in [0.25, 0.3) is 0 Å². The van der Waals surface area contributed by atoms with Crippen molar-refractivity contribution in [2.24, 2.45) is 0 Å². The van der Waals surface area contributed by atoms with E-state index in [4.69, 9.17) is 0 Å². The summed E-state index contributed by atoms with van der Waals surface area (Å²) in [5.74, 6) is 0.465. The van der Waals surface area contributed by atoms with Gasteiger partial charge in [0.15, 0.2) is 0 Å². The van der Waals surface area contributed by atoms with Gasteiger partial charge in [-0.15, -0.1) is 0 Å². The molecular formula is C88H166N6O2. The Morgan fingerprint density at radius 3 is 0.781 bits per heavy atom. The zero-order valence-electron chi connectivity index (χ0n) is 66.1. The summed E-state index contributed by atoms with van der Waals surface area (Å²) in [5.41, 5.74) is 0. The van der Waals surface area contributed by atoms with Gasteiger partial charge in [0.05, 0.1) is 0 Å². The van der Waals surface area contributed by atoms with Gasteiger partial charge >= 0.3 is 0 Å². The molecule has 0 aliphatic carbocycles. The second kappa shape index (κ2) is 85.7. The van der Waals surface area contributed by atoms with E-state index in [2.05, 4.69) is 192 Å². The van der Waals surface area contributed by atoms with Crippen LogP contribution in [0, 0.1) is 0 Å². The molecule has 0 aliphatic heterocycles. The van der Waals surface area contributed by atoms with Crippen LogP contribution in [-0.2, 0) is 9.59 Å². The summed E-state index contributed by atoms with van der Waals surface area (Å²) < 4.78 is 0. The number of nitrogens with one attached hydrogen (secondary N) is 1. The zero-order chi connectivity index (χ0) is 70.8. The van der Waals surface area contributed by atoms with Crippen molar-refractivity contribution in [1.82, 2.24) is 29.8 Å². The number of hydrogen-bond acceptors (Lipinski definition) is 6. The average Bonchev–Trinajstić information content (AvgIpc) is 1.99. The summed E-state index contributed by atoms with van der Waals surface area (Å²) in [4.78, 5) is 36.4. The topological polar surface area (TPSA) is 62.4 Å². The molecule has 2 amide bonds. The second-order valence-corrected chi connectivity index (χ2v) is 28.0. The van der Waals surface area contributed by atoms with Crippen molar-refractivity contribution >= 4 is 11.8 Å². The van der Waals surface area contributed by atoms with E-state index in [-0.39, 0.29) is 5.91 Å². The molecular weight excluding hydrogens is 1170 g/mol. The van der Waals surface area contributed by atoms with Crippen molar-refractivity contribution < 1.29 is 9.59 Å². The number of carbonyl (C=O) groups is 2. The predicted octanol–water partition coefficient (Wildman–Crippen LogP) is 24.7. The Kier molecular flexibility index (Phi) is 86.2. The quantitative estimate of drug-likeness (QED) is 0.0372. The first-order chi connectivity index (χ1) is 47.0. The Morgan fingerprint density at radius 2 is 0.542 bits per heavy atom. The molecule has 0 aromatic carbocycles. The van der Waals surface area contributed by atoms with Gasteiger partial charge < -0.3 is 29.8 Å². The summed E-state index contributed by atoms with van der Waals surface area (Å²) in [7, 11) is 12.5. The molecule has 0 rings (SSSR count). The Labute approximate surface area is 601 Å². The monoisotopic (exact) mass is 1340 g/mol. The van der Waals surface area contributed by atoms with Crippen LogP contribution in [0.3, 0.4) is 0 Å². The van der Waals surface area contributed by atoms with Crippen LogP contribution in [0.15, 0.2) is 110 Å². The van der Waals surface area contributed by atoms with Crippen LogP contribution in [0.5, 0.6) is 0 Å². The first-order valence-corrected chi connectivity index (χ1v) is 41.1. The number of carbonyl (C=O) groups excluding carboxylic acids is 2. The first kappa shape index (κ1) is 96.6. The van der Waals surface area contributed by atoms with Crippen molar-refractivity contribution in [3.63, 3.8) is 0 Å². The molecule has 0 fully saturated rings. The number of likely N-dealkylation sites (N-methyl/N-ethyl adjacent to an activating group) is 4. The van der Waals surface area contributed by atoms with Gasteiger partial charge in [0.2, 0.25) is 11.8 Å². The van der Waals surface area contributed by atoms with Crippen molar-refractivity contribution in [1.29, 1.82) is 0 Å². The van der Waals surface area contributed by atoms with Crippen molar-refractivity contribution in [2.45, 2.75) is 342 Å². The maximum absolute atomic E-state index is 13.2. The maximum atomic E-state index is 13.2. The van der Waals surface area contributed by atoms with Crippen LogP contribution in [0.2, 0.25) is 0 Å². The fourth-order valence-electron chi connectivity index (χ4n) is 11.2. The molecule has 0 atom stereocenters. The Hall–Kier alpha value is -3.56. The van der Waals surface area contributed by atoms with E-state index < -0.39 is 0 Å². The van der Waals surface area contributed by atoms with E-state index >= 15 is 0 Å². The first-order valence-electron chi connectivity index (χ1n) is 41.1. The summed E-state index contributed by atoms with van der Waals surface area (Å²) in [6.07, 6.45) is 99.9. The highest BCUT2D eigenvalue weighted by Crippen LogP contribution is 2.15. The van der Waals surface area contributed by atoms with E-state index in [9.17, 15) is 9.59 Å². The van der Waals surface area contributed by atoms with Crippen LogP contribution >= 0.6 is 0 Å². The third kappa shape index (κ3) is 84.7. The zero-order valence-corrected chi connectivity index (χ0v) is 66.1. The van der Waals surface area contributed by atoms with Gasteiger partial charge in [-0.05, 0) is 202 Å². The number of allylic oxidation sites excluding steroid dienone is 16. The van der Waals surface area contributed by atoms with E-state index in [1.807, 2.05) is 11.9 Å². The Balaban J connectivity index is -0.00000165. The molecule has 0 unspecified atom stereocenters. The average molecular weight is 1340 g/mol. The smallest absolute Gasteiger partial charge is 0.245 e. The molecule has 560 valence electrons. The van der Waals surface area contributed by atoms with Gasteiger partial charge in [-0.1, -0.05) is 286 Å². The number of amides is 2.